The van der Waals surface area contributed by atoms with Crippen molar-refractivity contribution in [3.63, 3.8) is 0 Å². The molecular formula is C8H22N2Sn. The van der Waals surface area contributed by atoms with Gasteiger partial charge in [0, 0.05) is 23.9 Å². The summed E-state index contributed by atoms with van der Waals surface area (Å²) >= 11 is 0. The molecule has 0 aromatic rings. The van der Waals surface area contributed by atoms with Gasteiger partial charge in [-0.15, -0.1) is 0 Å². The summed E-state index contributed by atoms with van der Waals surface area (Å²) in [4.78, 5) is 0. The molecule has 0 unspecified atom stereocenters. The van der Waals surface area contributed by atoms with E-state index in [0.29, 0.717) is 0 Å². The summed E-state index contributed by atoms with van der Waals surface area (Å²) < 4.78 is 0. The predicted octanol–water partition coefficient (Wildman–Crippen LogP) is 0.851. The van der Waals surface area contributed by atoms with E-state index in [1.54, 1.807) is 0 Å². The molecule has 0 aromatic heterocycles. The molecule has 0 aliphatic heterocycles. The third-order valence-electron chi connectivity index (χ3n) is 1.000. The second-order valence-corrected chi connectivity index (χ2v) is 1.91. The Labute approximate surface area is 88.5 Å². The quantitative estimate of drug-likeness (QED) is 0.736. The van der Waals surface area contributed by atoms with E-state index in [4.69, 9.17) is 0 Å². The van der Waals surface area contributed by atoms with Gasteiger partial charge >= 0.3 is 0 Å². The van der Waals surface area contributed by atoms with Crippen LogP contribution in [0.2, 0.25) is 0 Å². The second-order valence-electron chi connectivity index (χ2n) is 1.91. The molecule has 3 heteroatoms. The maximum absolute atomic E-state index is 3.11. The maximum Gasteiger partial charge on any atom is 0 e. The third-order valence-corrected chi connectivity index (χ3v) is 1.000. The summed E-state index contributed by atoms with van der Waals surface area (Å²) in [5, 5.41) is 6.22. The van der Waals surface area contributed by atoms with Gasteiger partial charge in [-0.25, -0.2) is 0 Å². The zero-order chi connectivity index (χ0) is 8.24. The molecule has 2 nitrogen and oxygen atoms in total. The first-order valence-corrected chi connectivity index (χ1v) is 4.24. The molecule has 0 aliphatic carbocycles. The second kappa shape index (κ2) is 22.4. The number of hydrogen-bond acceptors (Lipinski definition) is 2. The van der Waals surface area contributed by atoms with E-state index in [1.807, 2.05) is 0 Å². The van der Waals surface area contributed by atoms with Gasteiger partial charge in [-0.3, -0.25) is 0 Å². The minimum Gasteiger partial charge on any atom is -0.317 e. The summed E-state index contributed by atoms with van der Waals surface area (Å²) in [6, 6.07) is 0. The average Bonchev–Trinajstić information content (AvgIpc) is 1.93. The van der Waals surface area contributed by atoms with Crippen LogP contribution in [0.3, 0.4) is 0 Å². The van der Waals surface area contributed by atoms with Crippen LogP contribution >= 0.6 is 0 Å². The number of hydrogen-bond donors (Lipinski definition) is 2. The van der Waals surface area contributed by atoms with E-state index in [9.17, 15) is 0 Å². The Morgan fingerprint density at radius 1 is 0.636 bits per heavy atom. The van der Waals surface area contributed by atoms with Crippen molar-refractivity contribution in [2.45, 2.75) is 27.7 Å². The summed E-state index contributed by atoms with van der Waals surface area (Å²) in [7, 11) is 0. The molecule has 2 N–H and O–H groups in total. The SMILES string of the molecule is CCNCC.CCNCC.[Sn]. The van der Waals surface area contributed by atoms with E-state index in [-0.39, 0.29) is 23.9 Å². The summed E-state index contributed by atoms with van der Waals surface area (Å²) in [5.41, 5.74) is 0. The molecular weight excluding hydrogens is 243 g/mol. The average molecular weight is 265 g/mol. The van der Waals surface area contributed by atoms with Crippen LogP contribution < -0.4 is 10.6 Å². The Kier molecular flexibility index (Phi) is 36.1. The van der Waals surface area contributed by atoms with Gasteiger partial charge in [0.15, 0.2) is 0 Å². The van der Waals surface area contributed by atoms with Gasteiger partial charge in [-0.05, 0) is 26.2 Å². The van der Waals surface area contributed by atoms with Crippen LogP contribution in [-0.2, 0) is 0 Å². The van der Waals surface area contributed by atoms with Gasteiger partial charge in [0.2, 0.25) is 0 Å². The molecule has 4 radical (unpaired) electrons. The normalized spacial score (nSPS) is 7.64. The monoisotopic (exact) mass is 266 g/mol. The van der Waals surface area contributed by atoms with Crippen molar-refractivity contribution in [3.8, 4) is 0 Å². The summed E-state index contributed by atoms with van der Waals surface area (Å²) in [5.74, 6) is 0. The van der Waals surface area contributed by atoms with Crippen LogP contribution in [0.5, 0.6) is 0 Å². The first-order chi connectivity index (χ1) is 4.83. The Bertz CT molecular complexity index is 33.1. The van der Waals surface area contributed by atoms with Crippen molar-refractivity contribution in [1.82, 2.24) is 10.6 Å². The van der Waals surface area contributed by atoms with Crippen LogP contribution in [0.4, 0.5) is 0 Å². The van der Waals surface area contributed by atoms with Crippen molar-refractivity contribution in [3.05, 3.63) is 0 Å². The first-order valence-electron chi connectivity index (χ1n) is 4.24. The van der Waals surface area contributed by atoms with E-state index >= 15 is 0 Å². The Morgan fingerprint density at radius 2 is 0.818 bits per heavy atom. The van der Waals surface area contributed by atoms with Crippen LogP contribution in [0.25, 0.3) is 0 Å². The molecule has 0 saturated carbocycles. The fourth-order valence-electron chi connectivity index (χ4n) is 0.500. The third kappa shape index (κ3) is 36.6. The molecule has 0 aromatic carbocycles. The molecule has 0 bridgehead atoms. The van der Waals surface area contributed by atoms with Gasteiger partial charge in [0.1, 0.15) is 0 Å². The minimum absolute atomic E-state index is 0. The van der Waals surface area contributed by atoms with Crippen molar-refractivity contribution >= 4 is 23.9 Å². The summed E-state index contributed by atoms with van der Waals surface area (Å²) in [6.07, 6.45) is 0. The van der Waals surface area contributed by atoms with Gasteiger partial charge in [-0.1, -0.05) is 27.7 Å². The number of rotatable bonds is 4. The zero-order valence-corrected chi connectivity index (χ0v) is 11.2. The summed E-state index contributed by atoms with van der Waals surface area (Å²) in [6.45, 7) is 12.8. The van der Waals surface area contributed by atoms with Gasteiger partial charge in [-0.2, -0.15) is 0 Å². The standard InChI is InChI=1S/2C4H11N.Sn/c2*1-3-5-4-2;/h2*5H,3-4H2,1-2H3;. The molecule has 0 rings (SSSR count). The maximum atomic E-state index is 3.11. The Hall–Kier alpha value is 0.719. The smallest absolute Gasteiger partial charge is 0 e. The molecule has 0 amide bonds. The molecule has 68 valence electrons. The Balaban J connectivity index is -0.000000107. The van der Waals surface area contributed by atoms with Crippen molar-refractivity contribution < 1.29 is 0 Å². The van der Waals surface area contributed by atoms with Gasteiger partial charge in [0.05, 0.1) is 0 Å². The largest absolute Gasteiger partial charge is 0.317 e. The molecule has 0 aliphatic rings. The Morgan fingerprint density at radius 3 is 0.818 bits per heavy atom. The molecule has 0 spiro atoms. The topological polar surface area (TPSA) is 24.1 Å². The number of nitrogens with one attached hydrogen (secondary N) is 2. The fourth-order valence-corrected chi connectivity index (χ4v) is 0.500. The van der Waals surface area contributed by atoms with E-state index < -0.39 is 0 Å². The van der Waals surface area contributed by atoms with Crippen molar-refractivity contribution in [2.75, 3.05) is 26.2 Å². The first kappa shape index (κ1) is 17.7. The van der Waals surface area contributed by atoms with Crippen LogP contribution in [0.15, 0.2) is 0 Å². The predicted molar refractivity (Wildman–Crippen MR) is 54.2 cm³/mol. The molecule has 0 fully saturated rings. The van der Waals surface area contributed by atoms with Crippen LogP contribution in [0, 0.1) is 0 Å². The van der Waals surface area contributed by atoms with Crippen molar-refractivity contribution in [2.24, 2.45) is 0 Å². The van der Waals surface area contributed by atoms with Crippen LogP contribution in [0.1, 0.15) is 27.7 Å². The van der Waals surface area contributed by atoms with E-state index in [0.717, 1.165) is 26.2 Å². The fraction of sp³-hybridized carbons (Fsp3) is 1.00. The van der Waals surface area contributed by atoms with Crippen molar-refractivity contribution in [1.29, 1.82) is 0 Å². The van der Waals surface area contributed by atoms with E-state index in [2.05, 4.69) is 38.3 Å². The van der Waals surface area contributed by atoms with Gasteiger partial charge < -0.3 is 10.6 Å². The zero-order valence-electron chi connectivity index (χ0n) is 8.33. The van der Waals surface area contributed by atoms with E-state index in [1.165, 1.54) is 0 Å². The molecule has 11 heavy (non-hydrogen) atoms. The molecule has 0 atom stereocenters. The minimum atomic E-state index is 0. The molecule has 0 saturated heterocycles. The molecule has 0 heterocycles. The van der Waals surface area contributed by atoms with Gasteiger partial charge in [0.25, 0.3) is 0 Å². The van der Waals surface area contributed by atoms with Crippen LogP contribution in [-0.4, -0.2) is 50.1 Å².